The zero-order valence-corrected chi connectivity index (χ0v) is 13.9. The van der Waals surface area contributed by atoms with E-state index in [-0.39, 0.29) is 0 Å². The van der Waals surface area contributed by atoms with Gasteiger partial charge in [-0.15, -0.1) is 5.10 Å². The number of aryl methyl sites for hydroxylation is 4. The molecule has 0 radical (unpaired) electrons. The van der Waals surface area contributed by atoms with Crippen molar-refractivity contribution in [2.75, 3.05) is 0 Å². The van der Waals surface area contributed by atoms with Crippen LogP contribution in [0.15, 0.2) is 22.7 Å². The molecular weight excluding hydrogens is 290 g/mol. The maximum Gasteiger partial charge on any atom is 0.138 e. The molecule has 3 aromatic rings. The van der Waals surface area contributed by atoms with E-state index in [1.54, 1.807) is 0 Å². The third-order valence-electron chi connectivity index (χ3n) is 4.27. The third kappa shape index (κ3) is 2.77. The van der Waals surface area contributed by atoms with Crippen LogP contribution in [0.25, 0.3) is 11.3 Å². The molecule has 0 amide bonds. The van der Waals surface area contributed by atoms with Gasteiger partial charge < -0.3 is 10.3 Å². The quantitative estimate of drug-likeness (QED) is 0.801. The second kappa shape index (κ2) is 5.96. The van der Waals surface area contributed by atoms with Crippen LogP contribution in [0.5, 0.6) is 0 Å². The highest BCUT2D eigenvalue weighted by molar-refractivity contribution is 5.63. The van der Waals surface area contributed by atoms with Gasteiger partial charge in [-0.2, -0.15) is 0 Å². The molecule has 0 spiro atoms. The highest BCUT2D eigenvalue weighted by Gasteiger charge is 2.18. The molecule has 0 aliphatic carbocycles. The number of rotatable bonds is 4. The Bertz CT molecular complexity index is 827. The molecule has 0 saturated heterocycles. The van der Waals surface area contributed by atoms with Crippen LogP contribution < -0.4 is 5.73 Å². The summed E-state index contributed by atoms with van der Waals surface area (Å²) in [6, 6.07) is 6.35. The maximum absolute atomic E-state index is 5.86. The smallest absolute Gasteiger partial charge is 0.138 e. The van der Waals surface area contributed by atoms with Gasteiger partial charge in [-0.25, -0.2) is 4.68 Å². The molecule has 3 rings (SSSR count). The fourth-order valence-electron chi connectivity index (χ4n) is 2.68. The van der Waals surface area contributed by atoms with Crippen LogP contribution in [0.3, 0.4) is 0 Å². The summed E-state index contributed by atoms with van der Waals surface area (Å²) < 4.78 is 7.12. The average Bonchev–Trinajstić information content (AvgIpc) is 3.08. The van der Waals surface area contributed by atoms with Crippen LogP contribution in [-0.4, -0.2) is 20.2 Å². The van der Waals surface area contributed by atoms with E-state index in [2.05, 4.69) is 47.5 Å². The Labute approximate surface area is 135 Å². The van der Waals surface area contributed by atoms with Crippen molar-refractivity contribution in [1.29, 1.82) is 0 Å². The van der Waals surface area contributed by atoms with Crippen molar-refractivity contribution in [1.82, 2.24) is 20.2 Å². The van der Waals surface area contributed by atoms with Gasteiger partial charge in [-0.05, 0) is 44.9 Å². The molecule has 0 fully saturated rings. The van der Waals surface area contributed by atoms with E-state index in [0.717, 1.165) is 34.0 Å². The normalized spacial score (nSPS) is 11.2. The Morgan fingerprint density at radius 1 is 1.13 bits per heavy atom. The SMILES string of the molecule is Cc1ccc(-c2c(CN)nnn2Cc2c(C)noc2C)cc1C. The summed E-state index contributed by atoms with van der Waals surface area (Å²) in [6.07, 6.45) is 0. The van der Waals surface area contributed by atoms with Crippen molar-refractivity contribution in [2.45, 2.75) is 40.8 Å². The minimum Gasteiger partial charge on any atom is -0.361 e. The lowest BCUT2D eigenvalue weighted by molar-refractivity contribution is 0.391. The molecule has 0 aliphatic rings. The van der Waals surface area contributed by atoms with E-state index >= 15 is 0 Å². The van der Waals surface area contributed by atoms with Crippen molar-refractivity contribution < 1.29 is 4.52 Å². The predicted octanol–water partition coefficient (Wildman–Crippen LogP) is 2.67. The first-order chi connectivity index (χ1) is 11.0. The summed E-state index contributed by atoms with van der Waals surface area (Å²) >= 11 is 0. The summed E-state index contributed by atoms with van der Waals surface area (Å²) in [5, 5.41) is 12.5. The van der Waals surface area contributed by atoms with Crippen LogP contribution in [0.2, 0.25) is 0 Å². The first-order valence-corrected chi connectivity index (χ1v) is 7.63. The van der Waals surface area contributed by atoms with Crippen molar-refractivity contribution in [3.05, 3.63) is 52.0 Å². The Morgan fingerprint density at radius 3 is 2.52 bits per heavy atom. The van der Waals surface area contributed by atoms with Gasteiger partial charge in [0.05, 0.1) is 17.9 Å². The Balaban J connectivity index is 2.09. The molecule has 0 aliphatic heterocycles. The van der Waals surface area contributed by atoms with Crippen molar-refractivity contribution in [2.24, 2.45) is 5.73 Å². The second-order valence-corrected chi connectivity index (χ2v) is 5.85. The van der Waals surface area contributed by atoms with E-state index in [9.17, 15) is 0 Å². The molecule has 0 bridgehead atoms. The summed E-state index contributed by atoms with van der Waals surface area (Å²) in [5.41, 5.74) is 13.1. The number of aromatic nitrogens is 4. The number of hydrogen-bond acceptors (Lipinski definition) is 5. The highest BCUT2D eigenvalue weighted by Crippen LogP contribution is 2.26. The molecule has 0 saturated carbocycles. The lowest BCUT2D eigenvalue weighted by Gasteiger charge is -2.10. The molecule has 1 aromatic carbocycles. The standard InChI is InChI=1S/C17H21N5O/c1-10-5-6-14(7-11(10)2)17-16(8-18)19-21-22(17)9-15-12(3)20-23-13(15)4/h5-7H,8-9,18H2,1-4H3. The van der Waals surface area contributed by atoms with E-state index in [0.29, 0.717) is 13.1 Å². The van der Waals surface area contributed by atoms with Gasteiger partial charge in [-0.1, -0.05) is 22.5 Å². The predicted molar refractivity (Wildman–Crippen MR) is 87.9 cm³/mol. The largest absolute Gasteiger partial charge is 0.361 e. The molecule has 6 nitrogen and oxygen atoms in total. The van der Waals surface area contributed by atoms with E-state index in [1.165, 1.54) is 11.1 Å². The molecular formula is C17H21N5O. The van der Waals surface area contributed by atoms with Crippen LogP contribution in [-0.2, 0) is 13.1 Å². The van der Waals surface area contributed by atoms with Gasteiger partial charge in [-0.3, -0.25) is 0 Å². The molecule has 23 heavy (non-hydrogen) atoms. The fourth-order valence-corrected chi connectivity index (χ4v) is 2.68. The Morgan fingerprint density at radius 2 is 1.91 bits per heavy atom. The first kappa shape index (κ1) is 15.4. The summed E-state index contributed by atoms with van der Waals surface area (Å²) in [4.78, 5) is 0. The van der Waals surface area contributed by atoms with Crippen LogP contribution in [0.1, 0.15) is 33.8 Å². The third-order valence-corrected chi connectivity index (χ3v) is 4.27. The van der Waals surface area contributed by atoms with E-state index < -0.39 is 0 Å². The molecule has 2 aromatic heterocycles. The van der Waals surface area contributed by atoms with Crippen molar-refractivity contribution in [3.63, 3.8) is 0 Å². The highest BCUT2D eigenvalue weighted by atomic mass is 16.5. The van der Waals surface area contributed by atoms with E-state index in [1.807, 2.05) is 18.5 Å². The van der Waals surface area contributed by atoms with Gasteiger partial charge >= 0.3 is 0 Å². The molecule has 0 unspecified atom stereocenters. The number of benzene rings is 1. The molecule has 120 valence electrons. The second-order valence-electron chi connectivity index (χ2n) is 5.85. The average molecular weight is 311 g/mol. The van der Waals surface area contributed by atoms with Gasteiger partial charge in [0.2, 0.25) is 0 Å². The van der Waals surface area contributed by atoms with Crippen LogP contribution in [0, 0.1) is 27.7 Å². The van der Waals surface area contributed by atoms with Crippen LogP contribution >= 0.6 is 0 Å². The fraction of sp³-hybridized carbons (Fsp3) is 0.353. The Kier molecular flexibility index (Phi) is 4.00. The summed E-state index contributed by atoms with van der Waals surface area (Å²) in [6.45, 7) is 8.96. The van der Waals surface area contributed by atoms with Gasteiger partial charge in [0.25, 0.3) is 0 Å². The van der Waals surface area contributed by atoms with Gasteiger partial charge in [0.1, 0.15) is 11.5 Å². The molecule has 2 N–H and O–H groups in total. The molecule has 2 heterocycles. The minimum absolute atomic E-state index is 0.351. The van der Waals surface area contributed by atoms with Gasteiger partial charge in [0.15, 0.2) is 0 Å². The minimum atomic E-state index is 0.351. The summed E-state index contributed by atoms with van der Waals surface area (Å²) in [7, 11) is 0. The number of hydrogen-bond donors (Lipinski definition) is 1. The van der Waals surface area contributed by atoms with Gasteiger partial charge in [0, 0.05) is 17.7 Å². The number of nitrogens with two attached hydrogens (primary N) is 1. The monoisotopic (exact) mass is 311 g/mol. The molecule has 6 heteroatoms. The van der Waals surface area contributed by atoms with Crippen molar-refractivity contribution >= 4 is 0 Å². The van der Waals surface area contributed by atoms with Crippen LogP contribution in [0.4, 0.5) is 0 Å². The Hall–Kier alpha value is -2.47. The lowest BCUT2D eigenvalue weighted by atomic mass is 10.0. The summed E-state index contributed by atoms with van der Waals surface area (Å²) in [5.74, 6) is 0.804. The number of nitrogens with zero attached hydrogens (tertiary/aromatic N) is 4. The van der Waals surface area contributed by atoms with Crippen molar-refractivity contribution in [3.8, 4) is 11.3 Å². The topological polar surface area (TPSA) is 82.8 Å². The zero-order chi connectivity index (χ0) is 16.6. The maximum atomic E-state index is 5.86. The zero-order valence-electron chi connectivity index (χ0n) is 13.9. The van der Waals surface area contributed by atoms with E-state index in [4.69, 9.17) is 10.3 Å². The molecule has 0 atom stereocenters. The lowest BCUT2D eigenvalue weighted by Crippen LogP contribution is -2.07. The first-order valence-electron chi connectivity index (χ1n) is 7.63.